The molecule has 4 rings (SSSR count). The van der Waals surface area contributed by atoms with Crippen molar-refractivity contribution in [1.29, 1.82) is 0 Å². The van der Waals surface area contributed by atoms with Crippen molar-refractivity contribution in [2.75, 3.05) is 0 Å². The molecule has 0 spiro atoms. The molecule has 0 aliphatic heterocycles. The lowest BCUT2D eigenvalue weighted by Crippen LogP contribution is -2.12. The van der Waals surface area contributed by atoms with Crippen molar-refractivity contribution in [2.24, 2.45) is 5.92 Å². The summed E-state index contributed by atoms with van der Waals surface area (Å²) in [5.41, 5.74) is 1.13. The van der Waals surface area contributed by atoms with Gasteiger partial charge in [-0.05, 0) is 36.3 Å². The molecule has 0 saturated carbocycles. The Hall–Kier alpha value is -1.77. The number of hydrogen-bond donors (Lipinski definition) is 1. The summed E-state index contributed by atoms with van der Waals surface area (Å²) in [6.45, 7) is 6.50. The molecule has 0 unspecified atom stereocenters. The van der Waals surface area contributed by atoms with E-state index in [1.165, 1.54) is 4.88 Å². The monoisotopic (exact) mass is 416 g/mol. The maximum atomic E-state index is 12.8. The summed E-state index contributed by atoms with van der Waals surface area (Å²) >= 11 is 4.80. The second-order valence-corrected chi connectivity index (χ2v) is 9.72. The summed E-state index contributed by atoms with van der Waals surface area (Å²) in [6.07, 6.45) is 3.62. The van der Waals surface area contributed by atoms with Gasteiger partial charge in [0.05, 0.1) is 11.1 Å². The van der Waals surface area contributed by atoms with Gasteiger partial charge >= 0.3 is 0 Å². The first-order chi connectivity index (χ1) is 13.1. The van der Waals surface area contributed by atoms with Crippen molar-refractivity contribution in [2.45, 2.75) is 44.4 Å². The molecule has 4 heterocycles. The van der Waals surface area contributed by atoms with Crippen molar-refractivity contribution in [1.82, 2.24) is 19.9 Å². The smallest absolute Gasteiger partial charge is 0.259 e. The molecule has 0 amide bonds. The van der Waals surface area contributed by atoms with E-state index in [-0.39, 0.29) is 5.56 Å². The van der Waals surface area contributed by atoms with Gasteiger partial charge in [0.15, 0.2) is 0 Å². The van der Waals surface area contributed by atoms with E-state index in [9.17, 15) is 4.79 Å². The Bertz CT molecular complexity index is 1160. The minimum Gasteiger partial charge on any atom is -0.309 e. The Morgan fingerprint density at radius 3 is 2.96 bits per heavy atom. The predicted molar refractivity (Wildman–Crippen MR) is 115 cm³/mol. The summed E-state index contributed by atoms with van der Waals surface area (Å²) in [7, 11) is 0. The molecular formula is C19H20N4OS3. The van der Waals surface area contributed by atoms with Crippen molar-refractivity contribution >= 4 is 54.9 Å². The van der Waals surface area contributed by atoms with Crippen molar-refractivity contribution < 1.29 is 0 Å². The van der Waals surface area contributed by atoms with Gasteiger partial charge in [-0.1, -0.05) is 32.0 Å². The van der Waals surface area contributed by atoms with Crippen LogP contribution in [0.25, 0.3) is 20.4 Å². The second-order valence-electron chi connectivity index (χ2n) is 6.65. The number of aromatic amines is 1. The fourth-order valence-corrected chi connectivity index (χ4v) is 5.77. The highest BCUT2D eigenvalue weighted by molar-refractivity contribution is 7.98. The lowest BCUT2D eigenvalue weighted by atomic mass is 9.98. The number of nitrogens with zero attached hydrogens (tertiary/aromatic N) is 3. The predicted octanol–water partition coefficient (Wildman–Crippen LogP) is 5.18. The van der Waals surface area contributed by atoms with Crippen LogP contribution in [0.15, 0.2) is 27.6 Å². The van der Waals surface area contributed by atoms with Gasteiger partial charge in [0.2, 0.25) is 0 Å². The standard InChI is InChI=1S/C19H20N4OS3/c1-4-10(2)7-13-11(3)27-19-15(13)16(24)22-14(23-19)8-26-18-12-5-6-25-17(12)20-9-21-18/h5-6,9-10H,4,7-8H2,1-3H3,(H,22,23,24)/t10-/m0/s1. The van der Waals surface area contributed by atoms with Gasteiger partial charge in [0, 0.05) is 10.3 Å². The van der Waals surface area contributed by atoms with E-state index in [0.717, 1.165) is 43.9 Å². The number of thiophene rings is 2. The molecule has 0 saturated heterocycles. The highest BCUT2D eigenvalue weighted by Gasteiger charge is 2.17. The first-order valence-electron chi connectivity index (χ1n) is 8.89. The van der Waals surface area contributed by atoms with Crippen LogP contribution in [0.1, 0.15) is 36.5 Å². The van der Waals surface area contributed by atoms with Gasteiger partial charge in [0.1, 0.15) is 26.8 Å². The Morgan fingerprint density at radius 2 is 2.15 bits per heavy atom. The fraction of sp³-hybridized carbons (Fsp3) is 0.368. The zero-order chi connectivity index (χ0) is 19.0. The van der Waals surface area contributed by atoms with Crippen LogP contribution in [0.4, 0.5) is 0 Å². The van der Waals surface area contributed by atoms with Crippen LogP contribution < -0.4 is 5.56 Å². The Balaban J connectivity index is 1.64. The van der Waals surface area contributed by atoms with E-state index in [1.54, 1.807) is 40.8 Å². The largest absolute Gasteiger partial charge is 0.309 e. The topological polar surface area (TPSA) is 71.5 Å². The van der Waals surface area contributed by atoms with Gasteiger partial charge in [-0.3, -0.25) is 4.79 Å². The number of H-pyrrole nitrogens is 1. The van der Waals surface area contributed by atoms with Crippen LogP contribution in [0, 0.1) is 12.8 Å². The van der Waals surface area contributed by atoms with E-state index < -0.39 is 0 Å². The summed E-state index contributed by atoms with van der Waals surface area (Å²) in [6, 6.07) is 2.03. The summed E-state index contributed by atoms with van der Waals surface area (Å²) in [4.78, 5) is 32.2. The third-order valence-corrected chi connectivity index (χ3v) is 7.61. The number of aromatic nitrogens is 4. The van der Waals surface area contributed by atoms with Gasteiger partial charge in [0.25, 0.3) is 5.56 Å². The molecule has 1 atom stereocenters. The molecule has 5 nitrogen and oxygen atoms in total. The fourth-order valence-electron chi connectivity index (χ4n) is 3.05. The minimum absolute atomic E-state index is 0.0263. The van der Waals surface area contributed by atoms with Crippen LogP contribution in [-0.2, 0) is 12.2 Å². The third kappa shape index (κ3) is 3.66. The average Bonchev–Trinajstić information content (AvgIpc) is 3.25. The lowest BCUT2D eigenvalue weighted by Gasteiger charge is -2.08. The Labute approximate surface area is 169 Å². The Kier molecular flexibility index (Phi) is 5.29. The molecule has 0 radical (unpaired) electrons. The van der Waals surface area contributed by atoms with E-state index in [2.05, 4.69) is 35.7 Å². The summed E-state index contributed by atoms with van der Waals surface area (Å²) < 4.78 is 0. The van der Waals surface area contributed by atoms with Crippen LogP contribution >= 0.6 is 34.4 Å². The van der Waals surface area contributed by atoms with Crippen molar-refractivity contribution in [3.63, 3.8) is 0 Å². The van der Waals surface area contributed by atoms with Crippen LogP contribution in [0.2, 0.25) is 0 Å². The molecule has 4 aromatic rings. The maximum Gasteiger partial charge on any atom is 0.259 e. The minimum atomic E-state index is -0.0263. The average molecular weight is 417 g/mol. The molecule has 0 aliphatic carbocycles. The lowest BCUT2D eigenvalue weighted by molar-refractivity contribution is 0.561. The number of aryl methyl sites for hydroxylation is 1. The molecule has 0 fully saturated rings. The SMILES string of the molecule is CC[C@H](C)Cc1c(C)sc2nc(CSc3ncnc4sccc34)[nH]c(=O)c12. The van der Waals surface area contributed by atoms with Crippen molar-refractivity contribution in [3.8, 4) is 0 Å². The van der Waals surface area contributed by atoms with E-state index >= 15 is 0 Å². The second kappa shape index (κ2) is 7.69. The van der Waals surface area contributed by atoms with Crippen LogP contribution in [-0.4, -0.2) is 19.9 Å². The van der Waals surface area contributed by atoms with E-state index in [4.69, 9.17) is 4.98 Å². The maximum absolute atomic E-state index is 12.8. The number of fused-ring (bicyclic) bond motifs is 2. The van der Waals surface area contributed by atoms with Crippen LogP contribution in [0.3, 0.4) is 0 Å². The molecule has 4 aromatic heterocycles. The summed E-state index contributed by atoms with van der Waals surface area (Å²) in [5.74, 6) is 1.82. The zero-order valence-corrected chi connectivity index (χ0v) is 17.9. The quantitative estimate of drug-likeness (QED) is 0.346. The third-order valence-electron chi connectivity index (χ3n) is 4.73. The van der Waals surface area contributed by atoms with Crippen molar-refractivity contribution in [3.05, 3.63) is 44.4 Å². The number of thioether (sulfide) groups is 1. The van der Waals surface area contributed by atoms with E-state index in [1.807, 2.05) is 11.4 Å². The molecule has 0 aromatic carbocycles. The first-order valence-corrected chi connectivity index (χ1v) is 11.6. The molecule has 0 bridgehead atoms. The molecule has 0 aliphatic rings. The van der Waals surface area contributed by atoms with Gasteiger partial charge in [-0.15, -0.1) is 22.7 Å². The summed E-state index contributed by atoms with van der Waals surface area (Å²) in [5, 5.41) is 4.76. The number of hydrogen-bond acceptors (Lipinski definition) is 7. The highest BCUT2D eigenvalue weighted by Crippen LogP contribution is 2.32. The highest BCUT2D eigenvalue weighted by atomic mass is 32.2. The molecule has 1 N–H and O–H groups in total. The number of rotatable bonds is 6. The molecule has 140 valence electrons. The zero-order valence-electron chi connectivity index (χ0n) is 15.4. The molecule has 8 heteroatoms. The number of nitrogens with one attached hydrogen (secondary N) is 1. The Morgan fingerprint density at radius 1 is 1.30 bits per heavy atom. The van der Waals surface area contributed by atoms with Gasteiger partial charge < -0.3 is 4.98 Å². The normalized spacial score (nSPS) is 12.9. The van der Waals surface area contributed by atoms with Gasteiger partial charge in [-0.2, -0.15) is 0 Å². The molecule has 27 heavy (non-hydrogen) atoms. The van der Waals surface area contributed by atoms with Gasteiger partial charge in [-0.25, -0.2) is 15.0 Å². The molecular weight excluding hydrogens is 396 g/mol. The first kappa shape index (κ1) is 18.6. The van der Waals surface area contributed by atoms with E-state index in [0.29, 0.717) is 17.5 Å². The van der Waals surface area contributed by atoms with Crippen LogP contribution in [0.5, 0.6) is 0 Å².